The number of nitrogens with zero attached hydrogens (tertiary/aromatic N) is 4. The van der Waals surface area contributed by atoms with Crippen molar-refractivity contribution in [1.82, 2.24) is 30.9 Å². The molecule has 0 fully saturated rings. The molecule has 0 aliphatic heterocycles. The Morgan fingerprint density at radius 2 is 2.22 bits per heavy atom. The molecule has 0 aliphatic carbocycles. The van der Waals surface area contributed by atoms with E-state index in [0.29, 0.717) is 12.4 Å². The van der Waals surface area contributed by atoms with Crippen molar-refractivity contribution >= 4 is 11.3 Å². The summed E-state index contributed by atoms with van der Waals surface area (Å²) in [6, 6.07) is 0.0588. The first-order valence-corrected chi connectivity index (χ1v) is 6.76. The zero-order valence-electron chi connectivity index (χ0n) is 11.1. The lowest BCUT2D eigenvalue weighted by atomic mass is 9.98. The Morgan fingerprint density at radius 3 is 2.78 bits per heavy atom. The van der Waals surface area contributed by atoms with E-state index in [4.69, 9.17) is 0 Å². The lowest BCUT2D eigenvalue weighted by Crippen LogP contribution is -2.20. The van der Waals surface area contributed by atoms with Crippen LogP contribution in [0.15, 0.2) is 5.38 Å². The van der Waals surface area contributed by atoms with Gasteiger partial charge in [0, 0.05) is 17.3 Å². The van der Waals surface area contributed by atoms with Crippen LogP contribution in [-0.2, 0) is 12.0 Å². The standard InChI is InChI=1S/C11H18N6S/c1-7(9-14-16-17-15-9)12-5-8-6-18-10(13-8)11(2,3)4/h6-7,12H,5H2,1-4H3,(H,14,15,16,17). The van der Waals surface area contributed by atoms with E-state index in [1.807, 2.05) is 6.92 Å². The van der Waals surface area contributed by atoms with Gasteiger partial charge in [0.15, 0.2) is 5.82 Å². The van der Waals surface area contributed by atoms with Crippen molar-refractivity contribution in [2.45, 2.75) is 45.7 Å². The summed E-state index contributed by atoms with van der Waals surface area (Å²) in [6.07, 6.45) is 0. The molecule has 0 amide bonds. The minimum Gasteiger partial charge on any atom is -0.302 e. The number of hydrogen-bond acceptors (Lipinski definition) is 6. The van der Waals surface area contributed by atoms with Crippen LogP contribution in [0.4, 0.5) is 0 Å². The van der Waals surface area contributed by atoms with Crippen LogP contribution in [0.3, 0.4) is 0 Å². The second-order valence-electron chi connectivity index (χ2n) is 5.27. The summed E-state index contributed by atoms with van der Waals surface area (Å²) in [6.45, 7) is 9.23. The molecule has 18 heavy (non-hydrogen) atoms. The molecule has 1 unspecified atom stereocenters. The van der Waals surface area contributed by atoms with Crippen molar-refractivity contribution < 1.29 is 0 Å². The van der Waals surface area contributed by atoms with Gasteiger partial charge in [-0.15, -0.1) is 21.5 Å². The fourth-order valence-electron chi connectivity index (χ4n) is 1.43. The largest absolute Gasteiger partial charge is 0.302 e. The van der Waals surface area contributed by atoms with Gasteiger partial charge in [0.05, 0.1) is 16.7 Å². The summed E-state index contributed by atoms with van der Waals surface area (Å²) in [5, 5.41) is 20.5. The molecule has 2 N–H and O–H groups in total. The van der Waals surface area contributed by atoms with Crippen molar-refractivity contribution in [2.75, 3.05) is 0 Å². The molecule has 98 valence electrons. The van der Waals surface area contributed by atoms with Gasteiger partial charge in [-0.05, 0) is 6.92 Å². The smallest absolute Gasteiger partial charge is 0.191 e. The Kier molecular flexibility index (Phi) is 3.72. The van der Waals surface area contributed by atoms with Gasteiger partial charge < -0.3 is 5.32 Å². The highest BCUT2D eigenvalue weighted by Gasteiger charge is 2.18. The number of tetrazole rings is 1. The minimum atomic E-state index is 0.0588. The number of hydrogen-bond donors (Lipinski definition) is 2. The molecule has 7 heteroatoms. The molecule has 0 saturated heterocycles. The van der Waals surface area contributed by atoms with Gasteiger partial charge in [0.2, 0.25) is 0 Å². The SMILES string of the molecule is CC(NCc1csc(C(C)(C)C)n1)c1nn[nH]n1. The van der Waals surface area contributed by atoms with Crippen LogP contribution < -0.4 is 5.32 Å². The topological polar surface area (TPSA) is 79.4 Å². The van der Waals surface area contributed by atoms with Crippen LogP contribution in [0.2, 0.25) is 0 Å². The predicted octanol–water partition coefficient (Wildman–Crippen LogP) is 1.80. The second-order valence-corrected chi connectivity index (χ2v) is 6.12. The van der Waals surface area contributed by atoms with Crippen LogP contribution in [0.25, 0.3) is 0 Å². The zero-order chi connectivity index (χ0) is 13.2. The summed E-state index contributed by atoms with van der Waals surface area (Å²) in [5.41, 5.74) is 1.17. The monoisotopic (exact) mass is 266 g/mol. The lowest BCUT2D eigenvalue weighted by Gasteiger charge is -2.13. The molecular formula is C11H18N6S. The van der Waals surface area contributed by atoms with Crippen molar-refractivity contribution in [1.29, 1.82) is 0 Å². The molecule has 0 saturated carbocycles. The van der Waals surface area contributed by atoms with Gasteiger partial charge in [0.25, 0.3) is 0 Å². The van der Waals surface area contributed by atoms with Crippen LogP contribution in [0, 0.1) is 0 Å². The van der Waals surface area contributed by atoms with E-state index < -0.39 is 0 Å². The Hall–Kier alpha value is -1.34. The first-order valence-electron chi connectivity index (χ1n) is 5.88. The summed E-state index contributed by atoms with van der Waals surface area (Å²) >= 11 is 1.70. The Labute approximate surface area is 110 Å². The Balaban J connectivity index is 1.93. The molecule has 2 heterocycles. The van der Waals surface area contributed by atoms with Crippen LogP contribution in [-0.4, -0.2) is 25.6 Å². The van der Waals surface area contributed by atoms with E-state index in [-0.39, 0.29) is 11.5 Å². The number of rotatable bonds is 4. The fraction of sp³-hybridized carbons (Fsp3) is 0.636. The summed E-state index contributed by atoms with van der Waals surface area (Å²) in [4.78, 5) is 4.63. The van der Waals surface area contributed by atoms with Crippen LogP contribution in [0.5, 0.6) is 0 Å². The molecule has 6 nitrogen and oxygen atoms in total. The third kappa shape index (κ3) is 3.11. The maximum absolute atomic E-state index is 4.63. The van der Waals surface area contributed by atoms with E-state index >= 15 is 0 Å². The number of aromatic nitrogens is 5. The molecule has 0 aromatic carbocycles. The van der Waals surface area contributed by atoms with E-state index in [9.17, 15) is 0 Å². The van der Waals surface area contributed by atoms with Crippen LogP contribution >= 0.6 is 11.3 Å². The Bertz CT molecular complexity index is 484. The lowest BCUT2D eigenvalue weighted by molar-refractivity contribution is 0.536. The summed E-state index contributed by atoms with van der Waals surface area (Å²) < 4.78 is 0. The van der Waals surface area contributed by atoms with Gasteiger partial charge >= 0.3 is 0 Å². The van der Waals surface area contributed by atoms with Crippen molar-refractivity contribution in [3.05, 3.63) is 21.9 Å². The minimum absolute atomic E-state index is 0.0588. The predicted molar refractivity (Wildman–Crippen MR) is 70.2 cm³/mol. The normalized spacial score (nSPS) is 13.8. The highest BCUT2D eigenvalue weighted by atomic mass is 32.1. The van der Waals surface area contributed by atoms with Crippen LogP contribution in [0.1, 0.15) is 50.3 Å². The zero-order valence-corrected chi connectivity index (χ0v) is 11.9. The maximum Gasteiger partial charge on any atom is 0.191 e. The van der Waals surface area contributed by atoms with Crippen molar-refractivity contribution in [3.63, 3.8) is 0 Å². The van der Waals surface area contributed by atoms with E-state index in [1.54, 1.807) is 11.3 Å². The number of thiazole rings is 1. The molecule has 0 aliphatic rings. The second kappa shape index (κ2) is 5.11. The van der Waals surface area contributed by atoms with Crippen molar-refractivity contribution in [2.24, 2.45) is 0 Å². The van der Waals surface area contributed by atoms with Gasteiger partial charge in [-0.2, -0.15) is 5.21 Å². The molecule has 2 aromatic rings. The van der Waals surface area contributed by atoms with E-state index in [1.165, 1.54) is 0 Å². The molecule has 0 radical (unpaired) electrons. The van der Waals surface area contributed by atoms with Gasteiger partial charge in [-0.25, -0.2) is 4.98 Å². The maximum atomic E-state index is 4.63. The quantitative estimate of drug-likeness (QED) is 0.882. The van der Waals surface area contributed by atoms with Gasteiger partial charge in [-0.3, -0.25) is 0 Å². The molecule has 0 bridgehead atoms. The van der Waals surface area contributed by atoms with Crippen molar-refractivity contribution in [3.8, 4) is 0 Å². The van der Waals surface area contributed by atoms with E-state index in [2.05, 4.69) is 57.1 Å². The first kappa shape index (κ1) is 13.1. The number of nitrogens with one attached hydrogen (secondary N) is 2. The van der Waals surface area contributed by atoms with E-state index in [0.717, 1.165) is 10.7 Å². The average Bonchev–Trinajstić information content (AvgIpc) is 2.96. The average molecular weight is 266 g/mol. The summed E-state index contributed by atoms with van der Waals surface area (Å²) in [7, 11) is 0. The fourth-order valence-corrected chi connectivity index (χ4v) is 2.34. The third-order valence-electron chi connectivity index (χ3n) is 2.53. The molecule has 0 spiro atoms. The highest BCUT2D eigenvalue weighted by Crippen LogP contribution is 2.25. The number of aromatic amines is 1. The summed E-state index contributed by atoms with van der Waals surface area (Å²) in [5.74, 6) is 0.668. The molecular weight excluding hydrogens is 248 g/mol. The first-order chi connectivity index (χ1) is 8.47. The molecule has 2 aromatic heterocycles. The number of H-pyrrole nitrogens is 1. The van der Waals surface area contributed by atoms with Gasteiger partial charge in [-0.1, -0.05) is 26.0 Å². The molecule has 2 rings (SSSR count). The molecule has 1 atom stereocenters. The third-order valence-corrected chi connectivity index (χ3v) is 3.85. The highest BCUT2D eigenvalue weighted by molar-refractivity contribution is 7.09. The Morgan fingerprint density at radius 1 is 1.44 bits per heavy atom. The van der Waals surface area contributed by atoms with Gasteiger partial charge in [0.1, 0.15) is 0 Å².